The van der Waals surface area contributed by atoms with E-state index in [1.807, 2.05) is 36.6 Å². The maximum Gasteiger partial charge on any atom is 0.227 e. The van der Waals surface area contributed by atoms with E-state index < -0.39 is 6.04 Å². The Bertz CT molecular complexity index is 1190. The van der Waals surface area contributed by atoms with Crippen molar-refractivity contribution in [1.29, 1.82) is 0 Å². The molecule has 1 aromatic heterocycles. The van der Waals surface area contributed by atoms with Gasteiger partial charge in [-0.3, -0.25) is 4.79 Å². The molecule has 6 nitrogen and oxygen atoms in total. The number of nitrogens with one attached hydrogen (secondary N) is 1. The molecule has 0 saturated carbocycles. The van der Waals surface area contributed by atoms with E-state index in [1.54, 1.807) is 10.7 Å². The van der Waals surface area contributed by atoms with Crippen LogP contribution in [-0.2, 0) is 4.79 Å². The molecule has 3 aromatic rings. The average Bonchev–Trinajstić information content (AvgIpc) is 3.08. The molecule has 7 heteroatoms. The number of rotatable bonds is 2. The summed E-state index contributed by atoms with van der Waals surface area (Å²) in [5.74, 6) is 0.858. The van der Waals surface area contributed by atoms with Crippen LogP contribution in [0, 0.1) is 5.41 Å². The minimum Gasteiger partial charge on any atom is -0.508 e. The van der Waals surface area contributed by atoms with E-state index in [9.17, 15) is 9.90 Å². The highest BCUT2D eigenvalue weighted by molar-refractivity contribution is 7.98. The predicted octanol–water partition coefficient (Wildman–Crippen LogP) is 4.52. The molecule has 5 rings (SSSR count). The van der Waals surface area contributed by atoms with E-state index in [-0.39, 0.29) is 16.9 Å². The molecule has 0 spiro atoms. The number of nitrogens with zero attached hydrogens (tertiary/aromatic N) is 3. The van der Waals surface area contributed by atoms with Crippen LogP contribution < -0.4 is 5.32 Å². The van der Waals surface area contributed by atoms with Crippen LogP contribution in [0.15, 0.2) is 52.8 Å². The maximum atomic E-state index is 13.3. The number of allylic oxidation sites excluding steroid dienone is 2. The Morgan fingerprint density at radius 2 is 2.00 bits per heavy atom. The monoisotopic (exact) mass is 406 g/mol. The Morgan fingerprint density at radius 1 is 1.21 bits per heavy atom. The number of benzene rings is 2. The van der Waals surface area contributed by atoms with Gasteiger partial charge in [0.2, 0.25) is 11.1 Å². The molecule has 0 amide bonds. The van der Waals surface area contributed by atoms with Crippen LogP contribution in [-0.4, -0.2) is 31.9 Å². The van der Waals surface area contributed by atoms with Crippen molar-refractivity contribution in [2.75, 3.05) is 11.6 Å². The predicted molar refractivity (Wildman–Crippen MR) is 114 cm³/mol. The van der Waals surface area contributed by atoms with Gasteiger partial charge >= 0.3 is 0 Å². The summed E-state index contributed by atoms with van der Waals surface area (Å²) in [6, 6.07) is 11.0. The Labute approximate surface area is 173 Å². The number of aromatic nitrogens is 3. The normalized spacial score (nSPS) is 20.4. The number of thioether (sulfide) groups is 1. The number of fused-ring (bicyclic) bond motifs is 2. The first kappa shape index (κ1) is 18.2. The molecule has 0 radical (unpaired) electrons. The molecule has 2 heterocycles. The van der Waals surface area contributed by atoms with Crippen molar-refractivity contribution >= 4 is 34.3 Å². The smallest absolute Gasteiger partial charge is 0.227 e. The van der Waals surface area contributed by atoms with Crippen LogP contribution in [0.25, 0.3) is 10.8 Å². The van der Waals surface area contributed by atoms with Gasteiger partial charge in [-0.25, -0.2) is 4.68 Å². The second-order valence-corrected chi connectivity index (χ2v) is 9.22. The molecule has 148 valence electrons. The van der Waals surface area contributed by atoms with Gasteiger partial charge in [-0.1, -0.05) is 55.9 Å². The highest BCUT2D eigenvalue weighted by atomic mass is 32.2. The molecule has 0 saturated heterocycles. The topological polar surface area (TPSA) is 80.0 Å². The molecule has 1 atom stereocenters. The fourth-order valence-electron chi connectivity index (χ4n) is 4.51. The van der Waals surface area contributed by atoms with Gasteiger partial charge in [-0.05, 0) is 34.9 Å². The van der Waals surface area contributed by atoms with Gasteiger partial charge in [-0.15, -0.1) is 5.10 Å². The molecule has 0 fully saturated rings. The second kappa shape index (κ2) is 6.35. The fourth-order valence-corrected chi connectivity index (χ4v) is 4.86. The van der Waals surface area contributed by atoms with Crippen molar-refractivity contribution in [3.63, 3.8) is 0 Å². The average molecular weight is 407 g/mol. The number of ketones is 1. The first-order valence-corrected chi connectivity index (χ1v) is 10.8. The number of phenols is 1. The van der Waals surface area contributed by atoms with Gasteiger partial charge in [0, 0.05) is 23.3 Å². The molecule has 2 aromatic carbocycles. The molecule has 29 heavy (non-hydrogen) atoms. The van der Waals surface area contributed by atoms with Gasteiger partial charge in [0.05, 0.1) is 0 Å². The quantitative estimate of drug-likeness (QED) is 0.609. The van der Waals surface area contributed by atoms with Gasteiger partial charge in [0.25, 0.3) is 0 Å². The highest BCUT2D eigenvalue weighted by Crippen LogP contribution is 2.48. The number of hydrogen-bond donors (Lipinski definition) is 2. The van der Waals surface area contributed by atoms with Crippen LogP contribution in [0.3, 0.4) is 0 Å². The van der Waals surface area contributed by atoms with Crippen LogP contribution in [0.5, 0.6) is 5.75 Å². The van der Waals surface area contributed by atoms with Crippen molar-refractivity contribution in [3.8, 4) is 5.75 Å². The third-order valence-electron chi connectivity index (χ3n) is 5.72. The Morgan fingerprint density at radius 3 is 2.79 bits per heavy atom. The molecule has 0 bridgehead atoms. The lowest BCUT2D eigenvalue weighted by Gasteiger charge is -2.38. The van der Waals surface area contributed by atoms with Gasteiger partial charge in [-0.2, -0.15) is 4.98 Å². The molecular formula is C22H22N4O2S. The lowest BCUT2D eigenvalue weighted by Crippen LogP contribution is -2.36. The summed E-state index contributed by atoms with van der Waals surface area (Å²) in [6.45, 7) is 4.21. The molecule has 2 aliphatic rings. The van der Waals surface area contributed by atoms with Crippen LogP contribution >= 0.6 is 11.8 Å². The van der Waals surface area contributed by atoms with E-state index in [0.29, 0.717) is 28.7 Å². The van der Waals surface area contributed by atoms with E-state index >= 15 is 0 Å². The third-order valence-corrected chi connectivity index (χ3v) is 6.25. The molecule has 1 aliphatic carbocycles. The largest absolute Gasteiger partial charge is 0.508 e. The summed E-state index contributed by atoms with van der Waals surface area (Å²) >= 11 is 1.45. The summed E-state index contributed by atoms with van der Waals surface area (Å²) in [4.78, 5) is 17.9. The SMILES string of the molecule is CSc1nc2n(n1)C(c1c(O)ccc3ccccc13)C1=C(CC(C)(C)CC1=O)N2. The minimum atomic E-state index is -0.510. The molecular weight excluding hydrogens is 384 g/mol. The van der Waals surface area contributed by atoms with Gasteiger partial charge in [0.1, 0.15) is 11.8 Å². The van der Waals surface area contributed by atoms with Gasteiger partial charge < -0.3 is 10.4 Å². The summed E-state index contributed by atoms with van der Waals surface area (Å²) in [6.07, 6.45) is 3.14. The van der Waals surface area contributed by atoms with Crippen molar-refractivity contribution in [2.24, 2.45) is 5.41 Å². The summed E-state index contributed by atoms with van der Waals surface area (Å²) in [5, 5.41) is 21.5. The van der Waals surface area contributed by atoms with Crippen LogP contribution in [0.2, 0.25) is 0 Å². The number of carbonyl (C=O) groups excluding carboxylic acids is 1. The minimum absolute atomic E-state index is 0.0907. The molecule has 1 aliphatic heterocycles. The standard InChI is InChI=1S/C22H22N4O2S/c1-22(2)10-14-18(16(28)11-22)19(26-20(23-14)24-21(25-26)29-3)17-13-7-5-4-6-12(13)8-9-15(17)27/h4-9,19,27H,10-11H2,1-3H3,(H,23,24,25). The Balaban J connectivity index is 1.82. The van der Waals surface area contributed by atoms with Crippen LogP contribution in [0.4, 0.5) is 5.95 Å². The zero-order chi connectivity index (χ0) is 20.3. The van der Waals surface area contributed by atoms with Crippen molar-refractivity contribution in [1.82, 2.24) is 14.8 Å². The number of aromatic hydroxyl groups is 1. The number of carbonyl (C=O) groups is 1. The Hall–Kier alpha value is -2.80. The van der Waals surface area contributed by atoms with E-state index in [0.717, 1.165) is 22.9 Å². The zero-order valence-corrected chi connectivity index (χ0v) is 17.4. The van der Waals surface area contributed by atoms with Gasteiger partial charge in [0.15, 0.2) is 5.78 Å². The summed E-state index contributed by atoms with van der Waals surface area (Å²) in [7, 11) is 0. The zero-order valence-electron chi connectivity index (χ0n) is 16.6. The van der Waals surface area contributed by atoms with E-state index in [2.05, 4.69) is 29.2 Å². The first-order valence-electron chi connectivity index (χ1n) is 9.62. The molecule has 2 N–H and O–H groups in total. The van der Waals surface area contributed by atoms with Crippen molar-refractivity contribution in [3.05, 3.63) is 53.2 Å². The fraction of sp³-hybridized carbons (Fsp3) is 0.318. The van der Waals surface area contributed by atoms with E-state index in [4.69, 9.17) is 0 Å². The Kier molecular flexibility index (Phi) is 4.00. The van der Waals surface area contributed by atoms with E-state index in [1.165, 1.54) is 11.8 Å². The number of Topliss-reactive ketones (excluding diaryl/α,β-unsaturated/α-hetero) is 1. The highest BCUT2D eigenvalue weighted by Gasteiger charge is 2.43. The molecule has 1 unspecified atom stereocenters. The second-order valence-electron chi connectivity index (χ2n) is 8.45. The summed E-state index contributed by atoms with van der Waals surface area (Å²) < 4.78 is 1.75. The van der Waals surface area contributed by atoms with Crippen molar-refractivity contribution in [2.45, 2.75) is 37.9 Å². The van der Waals surface area contributed by atoms with Crippen molar-refractivity contribution < 1.29 is 9.90 Å². The van der Waals surface area contributed by atoms with Crippen LogP contribution in [0.1, 0.15) is 38.3 Å². The summed E-state index contributed by atoms with van der Waals surface area (Å²) in [5.41, 5.74) is 2.14. The number of phenolic OH excluding ortho intramolecular Hbond substituents is 1. The number of hydrogen-bond acceptors (Lipinski definition) is 6. The third kappa shape index (κ3) is 2.83. The maximum absolute atomic E-state index is 13.3. The lowest BCUT2D eigenvalue weighted by molar-refractivity contribution is -0.118. The number of anilines is 1. The first-order chi connectivity index (χ1) is 13.9. The lowest BCUT2D eigenvalue weighted by atomic mass is 9.72.